The minimum absolute atomic E-state index is 0.0648. The molecule has 0 fully saturated rings. The van der Waals surface area contributed by atoms with Gasteiger partial charge >= 0.3 is 0 Å². The Morgan fingerprint density at radius 1 is 1.24 bits per heavy atom. The second-order valence-electron chi connectivity index (χ2n) is 4.34. The number of terminal acetylenes is 1. The topological polar surface area (TPSA) is 72.2 Å². The van der Waals surface area contributed by atoms with E-state index in [1.54, 1.807) is 42.5 Å². The van der Waals surface area contributed by atoms with Gasteiger partial charge in [-0.15, -0.1) is 6.42 Å². The summed E-state index contributed by atoms with van der Waals surface area (Å²) in [4.78, 5) is 22.4. The highest BCUT2D eigenvalue weighted by Gasteiger charge is 2.15. The van der Waals surface area contributed by atoms with Crippen LogP contribution in [0.4, 0.5) is 11.4 Å². The number of nitrogens with zero attached hydrogens (tertiary/aromatic N) is 1. The Bertz CT molecular complexity index is 732. The molecule has 0 radical (unpaired) electrons. The zero-order valence-electron chi connectivity index (χ0n) is 11.1. The molecule has 2 aromatic rings. The van der Waals surface area contributed by atoms with Gasteiger partial charge in [-0.25, -0.2) is 0 Å². The molecule has 0 bridgehead atoms. The van der Waals surface area contributed by atoms with Crippen molar-refractivity contribution in [3.05, 3.63) is 69.8 Å². The van der Waals surface area contributed by atoms with Crippen LogP contribution in [-0.2, 0) is 11.2 Å². The number of benzene rings is 2. The molecule has 0 aliphatic carbocycles. The van der Waals surface area contributed by atoms with Crippen LogP contribution in [0.2, 0.25) is 0 Å². The molecule has 0 saturated carbocycles. The number of rotatable bonds is 4. The molecule has 104 valence electrons. The third kappa shape index (κ3) is 3.67. The van der Waals surface area contributed by atoms with Gasteiger partial charge in [-0.1, -0.05) is 30.2 Å². The van der Waals surface area contributed by atoms with Gasteiger partial charge in [-0.3, -0.25) is 14.9 Å². The highest BCUT2D eigenvalue weighted by Crippen LogP contribution is 2.19. The lowest BCUT2D eigenvalue weighted by Crippen LogP contribution is -2.15. The summed E-state index contributed by atoms with van der Waals surface area (Å²) in [6, 6.07) is 13.0. The molecule has 0 saturated heterocycles. The van der Waals surface area contributed by atoms with Crippen LogP contribution in [0.3, 0.4) is 0 Å². The lowest BCUT2D eigenvalue weighted by molar-refractivity contribution is -0.385. The van der Waals surface area contributed by atoms with Crippen molar-refractivity contribution in [2.45, 2.75) is 6.42 Å². The molecule has 0 unspecified atom stereocenters. The molecule has 0 atom stereocenters. The van der Waals surface area contributed by atoms with Gasteiger partial charge < -0.3 is 5.32 Å². The van der Waals surface area contributed by atoms with Crippen molar-refractivity contribution >= 4 is 17.3 Å². The number of hydrogen-bond acceptors (Lipinski definition) is 3. The quantitative estimate of drug-likeness (QED) is 0.531. The first kappa shape index (κ1) is 14.3. The fourth-order valence-electron chi connectivity index (χ4n) is 1.90. The summed E-state index contributed by atoms with van der Waals surface area (Å²) >= 11 is 0. The molecule has 0 aromatic heterocycles. The second-order valence-corrected chi connectivity index (χ2v) is 4.34. The van der Waals surface area contributed by atoms with E-state index in [0.717, 1.165) is 0 Å². The van der Waals surface area contributed by atoms with Crippen molar-refractivity contribution < 1.29 is 9.72 Å². The number of amides is 1. The van der Waals surface area contributed by atoms with E-state index in [-0.39, 0.29) is 18.0 Å². The highest BCUT2D eigenvalue weighted by molar-refractivity contribution is 5.93. The van der Waals surface area contributed by atoms with Gasteiger partial charge in [0.25, 0.3) is 5.69 Å². The SMILES string of the molecule is C#Cc1cccc(NC(=O)Cc2ccccc2[N+](=O)[O-])c1. The molecule has 0 spiro atoms. The summed E-state index contributed by atoms with van der Waals surface area (Å²) < 4.78 is 0. The van der Waals surface area contributed by atoms with Crippen molar-refractivity contribution in [3.8, 4) is 12.3 Å². The predicted molar refractivity (Wildman–Crippen MR) is 79.8 cm³/mol. The van der Waals surface area contributed by atoms with Gasteiger partial charge in [-0.2, -0.15) is 0 Å². The van der Waals surface area contributed by atoms with E-state index >= 15 is 0 Å². The third-order valence-electron chi connectivity index (χ3n) is 2.85. The minimum Gasteiger partial charge on any atom is -0.326 e. The van der Waals surface area contributed by atoms with E-state index in [9.17, 15) is 14.9 Å². The first-order valence-electron chi connectivity index (χ1n) is 6.19. The Morgan fingerprint density at radius 2 is 2.00 bits per heavy atom. The fourth-order valence-corrected chi connectivity index (χ4v) is 1.90. The maximum Gasteiger partial charge on any atom is 0.273 e. The van der Waals surface area contributed by atoms with Crippen LogP contribution in [-0.4, -0.2) is 10.8 Å². The molecule has 1 N–H and O–H groups in total. The van der Waals surface area contributed by atoms with Gasteiger partial charge in [0, 0.05) is 22.9 Å². The van der Waals surface area contributed by atoms with Gasteiger partial charge in [0.05, 0.1) is 11.3 Å². The molecule has 21 heavy (non-hydrogen) atoms. The Kier molecular flexibility index (Phi) is 4.32. The number of carbonyl (C=O) groups excluding carboxylic acids is 1. The standard InChI is InChI=1S/C16H12N2O3/c1-2-12-6-5-8-14(10-12)17-16(19)11-13-7-3-4-9-15(13)18(20)21/h1,3-10H,11H2,(H,17,19). The van der Waals surface area contributed by atoms with Crippen LogP contribution in [0.15, 0.2) is 48.5 Å². The Balaban J connectivity index is 2.12. The summed E-state index contributed by atoms with van der Waals surface area (Å²) in [5.74, 6) is 2.14. The Hall–Kier alpha value is -3.13. The Labute approximate surface area is 121 Å². The van der Waals surface area contributed by atoms with E-state index in [4.69, 9.17) is 6.42 Å². The number of anilines is 1. The highest BCUT2D eigenvalue weighted by atomic mass is 16.6. The molecule has 0 aliphatic rings. The first-order chi connectivity index (χ1) is 10.1. The summed E-state index contributed by atoms with van der Waals surface area (Å²) in [6.45, 7) is 0. The lowest BCUT2D eigenvalue weighted by Gasteiger charge is -2.06. The van der Waals surface area contributed by atoms with E-state index in [2.05, 4.69) is 11.2 Å². The van der Waals surface area contributed by atoms with Gasteiger partial charge in [0.2, 0.25) is 5.91 Å². The van der Waals surface area contributed by atoms with Crippen molar-refractivity contribution in [1.29, 1.82) is 0 Å². The molecule has 5 nitrogen and oxygen atoms in total. The molecular weight excluding hydrogens is 268 g/mol. The monoisotopic (exact) mass is 280 g/mol. The average molecular weight is 280 g/mol. The van der Waals surface area contributed by atoms with Gasteiger partial charge in [-0.05, 0) is 18.2 Å². The molecule has 0 aliphatic heterocycles. The number of carbonyl (C=O) groups is 1. The van der Waals surface area contributed by atoms with Crippen molar-refractivity contribution in [1.82, 2.24) is 0 Å². The number of hydrogen-bond donors (Lipinski definition) is 1. The molecular formula is C16H12N2O3. The van der Waals surface area contributed by atoms with Crippen molar-refractivity contribution in [3.63, 3.8) is 0 Å². The summed E-state index contributed by atoms with van der Waals surface area (Å²) in [7, 11) is 0. The average Bonchev–Trinajstić information content (AvgIpc) is 2.47. The molecule has 2 rings (SSSR count). The number of nitro benzene ring substituents is 1. The first-order valence-corrected chi connectivity index (χ1v) is 6.19. The molecule has 1 amide bonds. The summed E-state index contributed by atoms with van der Waals surface area (Å²) in [5.41, 5.74) is 1.52. The second kappa shape index (κ2) is 6.35. The molecule has 0 heterocycles. The minimum atomic E-state index is -0.498. The number of nitro groups is 1. The van der Waals surface area contributed by atoms with Gasteiger partial charge in [0.15, 0.2) is 0 Å². The smallest absolute Gasteiger partial charge is 0.273 e. The van der Waals surface area contributed by atoms with Crippen LogP contribution >= 0.6 is 0 Å². The van der Waals surface area contributed by atoms with Crippen molar-refractivity contribution in [2.75, 3.05) is 5.32 Å². The van der Waals surface area contributed by atoms with E-state index < -0.39 is 4.92 Å². The lowest BCUT2D eigenvalue weighted by atomic mass is 10.1. The summed E-state index contributed by atoms with van der Waals surface area (Å²) in [6.07, 6.45) is 5.22. The van der Waals surface area contributed by atoms with Crippen molar-refractivity contribution in [2.24, 2.45) is 0 Å². The summed E-state index contributed by atoms with van der Waals surface area (Å²) in [5, 5.41) is 13.6. The zero-order chi connectivity index (χ0) is 15.2. The van der Waals surface area contributed by atoms with E-state index in [0.29, 0.717) is 16.8 Å². The van der Waals surface area contributed by atoms with Crippen LogP contribution in [0.5, 0.6) is 0 Å². The van der Waals surface area contributed by atoms with E-state index in [1.165, 1.54) is 6.07 Å². The van der Waals surface area contributed by atoms with Crippen LogP contribution in [0.1, 0.15) is 11.1 Å². The number of para-hydroxylation sites is 1. The third-order valence-corrected chi connectivity index (χ3v) is 2.85. The molecule has 5 heteroatoms. The van der Waals surface area contributed by atoms with Crippen LogP contribution in [0, 0.1) is 22.5 Å². The largest absolute Gasteiger partial charge is 0.326 e. The number of nitrogens with one attached hydrogen (secondary N) is 1. The van der Waals surface area contributed by atoms with E-state index in [1.807, 2.05) is 0 Å². The maximum atomic E-state index is 12.0. The maximum absolute atomic E-state index is 12.0. The zero-order valence-corrected chi connectivity index (χ0v) is 11.1. The van der Waals surface area contributed by atoms with Crippen LogP contribution < -0.4 is 5.32 Å². The fraction of sp³-hybridized carbons (Fsp3) is 0.0625. The predicted octanol–water partition coefficient (Wildman–Crippen LogP) is 2.76. The molecule has 2 aromatic carbocycles. The normalized spacial score (nSPS) is 9.67. The Morgan fingerprint density at radius 3 is 2.71 bits per heavy atom. The van der Waals surface area contributed by atoms with Gasteiger partial charge in [0.1, 0.15) is 0 Å². The van der Waals surface area contributed by atoms with Crippen LogP contribution in [0.25, 0.3) is 0 Å².